The largest absolute Gasteiger partial charge is 0.389 e. The molecule has 0 spiro atoms. The van der Waals surface area contributed by atoms with Gasteiger partial charge in [-0.05, 0) is 45.1 Å². The number of nitrogens with zero attached hydrogens (tertiary/aromatic N) is 1. The van der Waals surface area contributed by atoms with Gasteiger partial charge in [-0.3, -0.25) is 0 Å². The molecule has 0 amide bonds. The number of nitrogens with two attached hydrogens (primary N) is 1. The van der Waals surface area contributed by atoms with Crippen molar-refractivity contribution in [3.8, 4) is 0 Å². The Hall–Kier alpha value is -0.120. The lowest BCUT2D eigenvalue weighted by atomic mass is 9.91. The number of piperidine rings is 1. The molecule has 3 heteroatoms. The smallest absolute Gasteiger partial charge is 0.0774 e. The van der Waals surface area contributed by atoms with Crippen LogP contribution in [0.4, 0.5) is 0 Å². The summed E-state index contributed by atoms with van der Waals surface area (Å²) >= 11 is 0. The molecule has 0 radical (unpaired) electrons. The summed E-state index contributed by atoms with van der Waals surface area (Å²) in [5.41, 5.74) is 5.59. The Morgan fingerprint density at radius 3 is 2.69 bits per heavy atom. The van der Waals surface area contributed by atoms with Crippen molar-refractivity contribution in [3.05, 3.63) is 0 Å². The Morgan fingerprint density at radius 2 is 2.06 bits per heavy atom. The van der Waals surface area contributed by atoms with Crippen LogP contribution in [-0.4, -0.2) is 41.3 Å². The molecule has 3 nitrogen and oxygen atoms in total. The van der Waals surface area contributed by atoms with Crippen LogP contribution in [0, 0.1) is 5.92 Å². The maximum Gasteiger partial charge on any atom is 0.0774 e. The molecule has 1 saturated carbocycles. The summed E-state index contributed by atoms with van der Waals surface area (Å²) in [5.74, 6) is 0.624. The van der Waals surface area contributed by atoms with Gasteiger partial charge >= 0.3 is 0 Å². The van der Waals surface area contributed by atoms with Crippen LogP contribution in [0.1, 0.15) is 45.4 Å². The summed E-state index contributed by atoms with van der Waals surface area (Å²) in [4.78, 5) is 2.43. The normalized spacial score (nSPS) is 32.8. The molecule has 2 unspecified atom stereocenters. The molecule has 0 bridgehead atoms. The number of aliphatic hydroxyl groups is 1. The number of hydrogen-bond acceptors (Lipinski definition) is 3. The van der Waals surface area contributed by atoms with E-state index in [1.54, 1.807) is 0 Å². The second-order valence-corrected chi connectivity index (χ2v) is 5.93. The summed E-state index contributed by atoms with van der Waals surface area (Å²) in [6.07, 6.45) is 6.87. The number of hydrogen-bond donors (Lipinski definition) is 2. The summed E-state index contributed by atoms with van der Waals surface area (Å²) in [5, 5.41) is 10.4. The summed E-state index contributed by atoms with van der Waals surface area (Å²) in [6, 6.07) is 0.293. The van der Waals surface area contributed by atoms with E-state index in [0.717, 1.165) is 32.5 Å². The van der Waals surface area contributed by atoms with Crippen molar-refractivity contribution in [2.75, 3.05) is 19.6 Å². The van der Waals surface area contributed by atoms with Crippen molar-refractivity contribution in [3.63, 3.8) is 0 Å². The molecule has 2 atom stereocenters. The lowest BCUT2D eigenvalue weighted by Crippen LogP contribution is -2.48. The predicted molar refractivity (Wildman–Crippen MR) is 66.2 cm³/mol. The number of β-amino-alcohol motifs (C(OH)–C–C–N with tert-alkyl or cyclic N) is 1. The molecule has 0 aromatic heterocycles. The monoisotopic (exact) mass is 226 g/mol. The van der Waals surface area contributed by atoms with Gasteiger partial charge in [0.25, 0.3) is 0 Å². The molecule has 3 N–H and O–H groups in total. The van der Waals surface area contributed by atoms with Crippen molar-refractivity contribution >= 4 is 0 Å². The van der Waals surface area contributed by atoms with Crippen LogP contribution in [0.5, 0.6) is 0 Å². The van der Waals surface area contributed by atoms with Gasteiger partial charge in [0, 0.05) is 19.1 Å². The number of likely N-dealkylation sites (tertiary alicyclic amines) is 1. The highest BCUT2D eigenvalue weighted by Crippen LogP contribution is 2.31. The first-order chi connectivity index (χ1) is 7.59. The second kappa shape index (κ2) is 5.03. The zero-order chi connectivity index (χ0) is 11.6. The highest BCUT2D eigenvalue weighted by Gasteiger charge is 2.34. The third-order valence-corrected chi connectivity index (χ3v) is 4.34. The van der Waals surface area contributed by atoms with Gasteiger partial charge in [-0.1, -0.05) is 12.8 Å². The van der Waals surface area contributed by atoms with E-state index in [-0.39, 0.29) is 5.60 Å². The van der Waals surface area contributed by atoms with Gasteiger partial charge in [0.05, 0.1) is 5.60 Å². The third kappa shape index (κ3) is 2.96. The fourth-order valence-corrected chi connectivity index (χ4v) is 3.27. The van der Waals surface area contributed by atoms with Gasteiger partial charge in [0.15, 0.2) is 0 Å². The van der Waals surface area contributed by atoms with Gasteiger partial charge in [0.1, 0.15) is 0 Å². The van der Waals surface area contributed by atoms with E-state index in [1.165, 1.54) is 25.7 Å². The van der Waals surface area contributed by atoms with Gasteiger partial charge in [-0.25, -0.2) is 0 Å². The van der Waals surface area contributed by atoms with Gasteiger partial charge in [0.2, 0.25) is 0 Å². The first kappa shape index (κ1) is 12.3. The maximum atomic E-state index is 10.4. The van der Waals surface area contributed by atoms with E-state index in [9.17, 15) is 5.11 Å². The van der Waals surface area contributed by atoms with Crippen LogP contribution in [-0.2, 0) is 0 Å². The minimum atomic E-state index is -0.389. The Labute approximate surface area is 99.0 Å². The molecular weight excluding hydrogens is 200 g/mol. The molecule has 2 rings (SSSR count). The van der Waals surface area contributed by atoms with Crippen LogP contribution in [0.2, 0.25) is 0 Å². The topological polar surface area (TPSA) is 49.5 Å². The van der Waals surface area contributed by atoms with Crippen molar-refractivity contribution in [2.45, 2.75) is 57.1 Å². The Balaban J connectivity index is 1.85. The van der Waals surface area contributed by atoms with Crippen molar-refractivity contribution < 1.29 is 5.11 Å². The summed E-state index contributed by atoms with van der Waals surface area (Å²) < 4.78 is 0. The van der Waals surface area contributed by atoms with E-state index in [0.29, 0.717) is 12.0 Å². The molecule has 1 aliphatic carbocycles. The van der Waals surface area contributed by atoms with Gasteiger partial charge in [-0.2, -0.15) is 0 Å². The SMILES string of the molecule is CC(N)C1CCCN(CC2(O)CCCC2)C1. The molecule has 0 aromatic carbocycles. The first-order valence-corrected chi connectivity index (χ1v) is 6.79. The average Bonchev–Trinajstić information content (AvgIpc) is 2.65. The average molecular weight is 226 g/mol. The van der Waals surface area contributed by atoms with E-state index in [4.69, 9.17) is 5.73 Å². The third-order valence-electron chi connectivity index (χ3n) is 4.34. The number of rotatable bonds is 3. The van der Waals surface area contributed by atoms with Crippen LogP contribution in [0.3, 0.4) is 0 Å². The van der Waals surface area contributed by atoms with Crippen molar-refractivity contribution in [1.82, 2.24) is 4.90 Å². The summed E-state index contributed by atoms with van der Waals surface area (Å²) in [6.45, 7) is 5.21. The standard InChI is InChI=1S/C13H26N2O/c1-11(14)12-5-4-8-15(9-12)10-13(16)6-2-3-7-13/h11-12,16H,2-10,14H2,1H3. The van der Waals surface area contributed by atoms with E-state index < -0.39 is 0 Å². The molecule has 16 heavy (non-hydrogen) atoms. The highest BCUT2D eigenvalue weighted by molar-refractivity contribution is 4.89. The molecule has 0 aromatic rings. The molecule has 1 aliphatic heterocycles. The minimum Gasteiger partial charge on any atom is -0.389 e. The second-order valence-electron chi connectivity index (χ2n) is 5.93. The Bertz CT molecular complexity index is 224. The fraction of sp³-hybridized carbons (Fsp3) is 1.00. The molecule has 1 heterocycles. The molecular formula is C13H26N2O. The lowest BCUT2D eigenvalue weighted by molar-refractivity contribution is -0.00355. The Morgan fingerprint density at radius 1 is 1.38 bits per heavy atom. The predicted octanol–water partition coefficient (Wildman–Crippen LogP) is 1.35. The van der Waals surface area contributed by atoms with Crippen molar-refractivity contribution in [2.24, 2.45) is 11.7 Å². The van der Waals surface area contributed by atoms with E-state index >= 15 is 0 Å². The summed E-state index contributed by atoms with van der Waals surface area (Å²) in [7, 11) is 0. The van der Waals surface area contributed by atoms with E-state index in [2.05, 4.69) is 11.8 Å². The Kier molecular flexibility index (Phi) is 3.88. The van der Waals surface area contributed by atoms with Crippen LogP contribution < -0.4 is 5.73 Å². The van der Waals surface area contributed by atoms with E-state index in [1.807, 2.05) is 0 Å². The first-order valence-electron chi connectivity index (χ1n) is 6.79. The van der Waals surface area contributed by atoms with Gasteiger partial charge in [-0.15, -0.1) is 0 Å². The molecule has 2 fully saturated rings. The molecule has 94 valence electrons. The minimum absolute atomic E-state index is 0.293. The quantitative estimate of drug-likeness (QED) is 0.764. The van der Waals surface area contributed by atoms with Crippen LogP contribution in [0.15, 0.2) is 0 Å². The zero-order valence-electron chi connectivity index (χ0n) is 10.5. The van der Waals surface area contributed by atoms with Crippen LogP contribution in [0.25, 0.3) is 0 Å². The fourth-order valence-electron chi connectivity index (χ4n) is 3.27. The highest BCUT2D eigenvalue weighted by atomic mass is 16.3. The van der Waals surface area contributed by atoms with Crippen molar-refractivity contribution in [1.29, 1.82) is 0 Å². The molecule has 2 aliphatic rings. The zero-order valence-corrected chi connectivity index (χ0v) is 10.5. The maximum absolute atomic E-state index is 10.4. The lowest BCUT2D eigenvalue weighted by Gasteiger charge is -2.38. The molecule has 1 saturated heterocycles. The van der Waals surface area contributed by atoms with Crippen LogP contribution >= 0.6 is 0 Å². The van der Waals surface area contributed by atoms with Gasteiger partial charge < -0.3 is 15.7 Å².